The van der Waals surface area contributed by atoms with Crippen LogP contribution in [0.3, 0.4) is 0 Å². The molecule has 1 unspecified atom stereocenters. The van der Waals surface area contributed by atoms with E-state index in [0.717, 1.165) is 0 Å². The van der Waals surface area contributed by atoms with Gasteiger partial charge in [0.05, 0.1) is 11.3 Å². The molecule has 1 atom stereocenters. The Kier molecular flexibility index (Phi) is 3.66. The van der Waals surface area contributed by atoms with E-state index in [2.05, 4.69) is 5.32 Å². The van der Waals surface area contributed by atoms with Gasteiger partial charge in [-0.05, 0) is 12.1 Å². The van der Waals surface area contributed by atoms with Gasteiger partial charge >= 0.3 is 5.97 Å². The van der Waals surface area contributed by atoms with Gasteiger partial charge in [-0.3, -0.25) is 4.79 Å². The van der Waals surface area contributed by atoms with Crippen LogP contribution in [-0.2, 0) is 4.79 Å². The fourth-order valence-electron chi connectivity index (χ4n) is 1.04. The first kappa shape index (κ1) is 11.0. The van der Waals surface area contributed by atoms with Gasteiger partial charge in [0, 0.05) is 6.54 Å². The van der Waals surface area contributed by atoms with Gasteiger partial charge in [-0.25, -0.2) is 0 Å². The number of carboxylic acid groups (broad SMARTS) is 1. The number of para-hydroxylation sites is 1. The molecule has 0 aliphatic rings. The number of anilines is 1. The number of hydrogen-bond donors (Lipinski definition) is 3. The molecule has 1 rings (SSSR count). The van der Waals surface area contributed by atoms with E-state index in [1.54, 1.807) is 24.3 Å². The predicted molar refractivity (Wildman–Crippen MR) is 55.3 cm³/mol. The van der Waals surface area contributed by atoms with Gasteiger partial charge in [0.15, 0.2) is 0 Å². The van der Waals surface area contributed by atoms with Crippen molar-refractivity contribution < 1.29 is 9.90 Å². The smallest absolute Gasteiger partial charge is 0.322 e. The summed E-state index contributed by atoms with van der Waals surface area (Å²) >= 11 is 0. The molecule has 0 saturated carbocycles. The van der Waals surface area contributed by atoms with E-state index in [9.17, 15) is 4.79 Å². The Labute approximate surface area is 87.1 Å². The second-order valence-corrected chi connectivity index (χ2v) is 2.98. The van der Waals surface area contributed by atoms with Gasteiger partial charge in [-0.1, -0.05) is 12.1 Å². The minimum atomic E-state index is -1.07. The van der Waals surface area contributed by atoms with Crippen LogP contribution >= 0.6 is 0 Å². The average Bonchev–Trinajstić information content (AvgIpc) is 2.26. The lowest BCUT2D eigenvalue weighted by Gasteiger charge is -2.10. The van der Waals surface area contributed by atoms with Crippen LogP contribution in [-0.4, -0.2) is 23.7 Å². The lowest BCUT2D eigenvalue weighted by atomic mass is 10.2. The molecule has 0 saturated heterocycles. The molecule has 0 aromatic heterocycles. The van der Waals surface area contributed by atoms with Crippen LogP contribution in [0.2, 0.25) is 0 Å². The molecule has 5 heteroatoms. The van der Waals surface area contributed by atoms with Gasteiger partial charge in [-0.15, -0.1) is 0 Å². The second kappa shape index (κ2) is 4.98. The summed E-state index contributed by atoms with van der Waals surface area (Å²) in [6.45, 7) is 0.0913. The van der Waals surface area contributed by atoms with Gasteiger partial charge in [-0.2, -0.15) is 5.26 Å². The molecule has 0 fully saturated rings. The number of carboxylic acids is 1. The molecule has 1 aromatic rings. The molecule has 15 heavy (non-hydrogen) atoms. The molecule has 0 radical (unpaired) electrons. The highest BCUT2D eigenvalue weighted by atomic mass is 16.4. The minimum absolute atomic E-state index is 0.0913. The van der Waals surface area contributed by atoms with Crippen LogP contribution in [0.5, 0.6) is 0 Å². The fourth-order valence-corrected chi connectivity index (χ4v) is 1.04. The molecular weight excluding hydrogens is 194 g/mol. The molecule has 4 N–H and O–H groups in total. The van der Waals surface area contributed by atoms with E-state index in [1.165, 1.54) is 0 Å². The zero-order valence-electron chi connectivity index (χ0n) is 7.97. The highest BCUT2D eigenvalue weighted by molar-refractivity contribution is 5.74. The summed E-state index contributed by atoms with van der Waals surface area (Å²) in [5.41, 5.74) is 6.37. The normalized spacial score (nSPS) is 11.5. The Morgan fingerprint density at radius 3 is 2.87 bits per heavy atom. The van der Waals surface area contributed by atoms with Crippen molar-refractivity contribution in [2.24, 2.45) is 5.73 Å². The van der Waals surface area contributed by atoms with E-state index >= 15 is 0 Å². The van der Waals surface area contributed by atoms with Crippen LogP contribution in [0.1, 0.15) is 5.56 Å². The molecule has 1 aromatic carbocycles. The lowest BCUT2D eigenvalue weighted by Crippen LogP contribution is -2.37. The van der Waals surface area contributed by atoms with Crippen LogP contribution in [0.25, 0.3) is 0 Å². The largest absolute Gasteiger partial charge is 0.480 e. The zero-order valence-corrected chi connectivity index (χ0v) is 7.97. The maximum atomic E-state index is 10.4. The maximum Gasteiger partial charge on any atom is 0.322 e. The molecule has 0 heterocycles. The second-order valence-electron chi connectivity index (χ2n) is 2.98. The summed E-state index contributed by atoms with van der Waals surface area (Å²) in [6, 6.07) is 7.87. The topological polar surface area (TPSA) is 99.1 Å². The first-order valence-electron chi connectivity index (χ1n) is 4.36. The Bertz CT molecular complexity index is 398. The molecular formula is C10H11N3O2. The van der Waals surface area contributed by atoms with E-state index in [0.29, 0.717) is 11.3 Å². The number of benzene rings is 1. The number of nitrogens with one attached hydrogen (secondary N) is 1. The van der Waals surface area contributed by atoms with Gasteiger partial charge in [0.2, 0.25) is 0 Å². The highest BCUT2D eigenvalue weighted by Crippen LogP contribution is 2.12. The van der Waals surface area contributed by atoms with Crippen LogP contribution in [0, 0.1) is 11.3 Å². The van der Waals surface area contributed by atoms with E-state index < -0.39 is 12.0 Å². The summed E-state index contributed by atoms with van der Waals surface area (Å²) in [7, 11) is 0. The number of hydrogen-bond acceptors (Lipinski definition) is 4. The Hall–Kier alpha value is -2.06. The van der Waals surface area contributed by atoms with Crippen molar-refractivity contribution in [2.45, 2.75) is 6.04 Å². The highest BCUT2D eigenvalue weighted by Gasteiger charge is 2.11. The van der Waals surface area contributed by atoms with E-state index in [1.807, 2.05) is 6.07 Å². The summed E-state index contributed by atoms with van der Waals surface area (Å²) < 4.78 is 0. The average molecular weight is 205 g/mol. The number of rotatable bonds is 4. The molecule has 78 valence electrons. The number of nitrogens with zero attached hydrogens (tertiary/aromatic N) is 1. The molecule has 0 aliphatic carbocycles. The van der Waals surface area contributed by atoms with Crippen molar-refractivity contribution in [3.05, 3.63) is 29.8 Å². The third-order valence-electron chi connectivity index (χ3n) is 1.88. The minimum Gasteiger partial charge on any atom is -0.480 e. The van der Waals surface area contributed by atoms with Crippen LogP contribution < -0.4 is 11.1 Å². The van der Waals surface area contributed by atoms with Crippen LogP contribution in [0.4, 0.5) is 5.69 Å². The number of nitriles is 1. The standard InChI is InChI=1S/C10H11N3O2/c11-5-7-3-1-2-4-9(7)13-6-8(12)10(14)15/h1-4,8,13H,6,12H2,(H,14,15). The summed E-state index contributed by atoms with van der Waals surface area (Å²) in [5.74, 6) is -1.07. The fraction of sp³-hybridized carbons (Fsp3) is 0.200. The Balaban J connectivity index is 2.66. The quantitative estimate of drug-likeness (QED) is 0.660. The van der Waals surface area contributed by atoms with Crippen molar-refractivity contribution in [1.29, 1.82) is 5.26 Å². The first-order valence-corrected chi connectivity index (χ1v) is 4.36. The monoisotopic (exact) mass is 205 g/mol. The Morgan fingerprint density at radius 2 is 2.27 bits per heavy atom. The zero-order chi connectivity index (χ0) is 11.3. The number of carbonyl (C=O) groups is 1. The van der Waals surface area contributed by atoms with Crippen LogP contribution in [0.15, 0.2) is 24.3 Å². The summed E-state index contributed by atoms with van der Waals surface area (Å²) in [6.07, 6.45) is 0. The molecule has 5 nitrogen and oxygen atoms in total. The molecule has 0 amide bonds. The SMILES string of the molecule is N#Cc1ccccc1NCC(N)C(=O)O. The van der Waals surface area contributed by atoms with Crippen molar-refractivity contribution >= 4 is 11.7 Å². The van der Waals surface area contributed by atoms with Crippen molar-refractivity contribution in [3.8, 4) is 6.07 Å². The van der Waals surface area contributed by atoms with Gasteiger partial charge in [0.1, 0.15) is 12.1 Å². The number of nitrogens with two attached hydrogens (primary N) is 1. The van der Waals surface area contributed by atoms with Crippen molar-refractivity contribution in [2.75, 3.05) is 11.9 Å². The maximum absolute atomic E-state index is 10.4. The molecule has 0 aliphatic heterocycles. The predicted octanol–water partition coefficient (Wildman–Crippen LogP) is 0.382. The third kappa shape index (κ3) is 2.97. The lowest BCUT2D eigenvalue weighted by molar-refractivity contribution is -0.138. The number of aliphatic carboxylic acids is 1. The van der Waals surface area contributed by atoms with E-state index in [-0.39, 0.29) is 6.54 Å². The van der Waals surface area contributed by atoms with Crippen molar-refractivity contribution in [3.63, 3.8) is 0 Å². The van der Waals surface area contributed by atoms with Crippen molar-refractivity contribution in [1.82, 2.24) is 0 Å². The summed E-state index contributed by atoms with van der Waals surface area (Å²) in [5, 5.41) is 20.1. The van der Waals surface area contributed by atoms with Gasteiger partial charge in [0.25, 0.3) is 0 Å². The Morgan fingerprint density at radius 1 is 1.60 bits per heavy atom. The summed E-state index contributed by atoms with van der Waals surface area (Å²) in [4.78, 5) is 10.4. The molecule has 0 bridgehead atoms. The van der Waals surface area contributed by atoms with Gasteiger partial charge < -0.3 is 16.2 Å². The van der Waals surface area contributed by atoms with E-state index in [4.69, 9.17) is 16.1 Å². The molecule has 0 spiro atoms. The first-order chi connectivity index (χ1) is 7.15. The third-order valence-corrected chi connectivity index (χ3v) is 1.88.